The molecule has 3 N–H and O–H groups in total. The van der Waals surface area contributed by atoms with Crippen LogP contribution < -0.4 is 5.32 Å². The minimum Gasteiger partial charge on any atom is -0.396 e. The SMILES string of the molecule is O=C(Cc1cccc2ccccc12)Nc1cc(CCO)[nH]n1. The molecule has 0 radical (unpaired) electrons. The van der Waals surface area contributed by atoms with Crippen LogP contribution in [-0.4, -0.2) is 27.8 Å². The topological polar surface area (TPSA) is 78.0 Å². The molecule has 0 fully saturated rings. The Kier molecular flexibility index (Phi) is 4.16. The van der Waals surface area contributed by atoms with E-state index in [1.807, 2.05) is 42.5 Å². The van der Waals surface area contributed by atoms with E-state index in [4.69, 9.17) is 5.11 Å². The zero-order chi connectivity index (χ0) is 15.4. The van der Waals surface area contributed by atoms with E-state index in [0.29, 0.717) is 18.7 Å². The fraction of sp³-hybridized carbons (Fsp3) is 0.176. The van der Waals surface area contributed by atoms with Gasteiger partial charge in [-0.1, -0.05) is 42.5 Å². The summed E-state index contributed by atoms with van der Waals surface area (Å²) >= 11 is 0. The molecule has 0 spiro atoms. The first-order chi connectivity index (χ1) is 10.8. The predicted octanol–water partition coefficient (Wildman–Crippen LogP) is 2.28. The molecule has 1 heterocycles. The molecule has 0 aliphatic carbocycles. The van der Waals surface area contributed by atoms with E-state index in [1.165, 1.54) is 0 Å². The quantitative estimate of drug-likeness (QED) is 0.675. The summed E-state index contributed by atoms with van der Waals surface area (Å²) in [4.78, 5) is 12.2. The van der Waals surface area contributed by atoms with Crippen molar-refractivity contribution in [3.8, 4) is 0 Å². The molecular formula is C17H17N3O2. The van der Waals surface area contributed by atoms with Crippen molar-refractivity contribution in [1.82, 2.24) is 10.2 Å². The molecule has 0 aliphatic rings. The molecule has 3 rings (SSSR count). The van der Waals surface area contributed by atoms with Gasteiger partial charge >= 0.3 is 0 Å². The van der Waals surface area contributed by atoms with Gasteiger partial charge in [-0.3, -0.25) is 9.89 Å². The molecule has 1 aromatic heterocycles. The van der Waals surface area contributed by atoms with Crippen LogP contribution in [0.25, 0.3) is 10.8 Å². The van der Waals surface area contributed by atoms with Crippen molar-refractivity contribution in [3.05, 3.63) is 59.8 Å². The molecule has 0 saturated heterocycles. The summed E-state index contributed by atoms with van der Waals surface area (Å²) in [5.74, 6) is 0.368. The van der Waals surface area contributed by atoms with Crippen molar-refractivity contribution in [2.45, 2.75) is 12.8 Å². The number of benzene rings is 2. The number of nitrogens with one attached hydrogen (secondary N) is 2. The maximum absolute atomic E-state index is 12.2. The van der Waals surface area contributed by atoms with Gasteiger partial charge in [-0.15, -0.1) is 0 Å². The highest BCUT2D eigenvalue weighted by molar-refractivity contribution is 5.95. The van der Waals surface area contributed by atoms with Gasteiger partial charge in [-0.25, -0.2) is 0 Å². The maximum atomic E-state index is 12.2. The number of aromatic nitrogens is 2. The van der Waals surface area contributed by atoms with Crippen LogP contribution >= 0.6 is 0 Å². The average Bonchev–Trinajstić information content (AvgIpc) is 2.95. The van der Waals surface area contributed by atoms with E-state index in [1.54, 1.807) is 6.07 Å². The molecule has 0 saturated carbocycles. The van der Waals surface area contributed by atoms with E-state index in [0.717, 1.165) is 22.0 Å². The number of hydrogen-bond donors (Lipinski definition) is 3. The van der Waals surface area contributed by atoms with Crippen LogP contribution in [0, 0.1) is 0 Å². The van der Waals surface area contributed by atoms with Crippen LogP contribution in [0.4, 0.5) is 5.82 Å². The summed E-state index contributed by atoms with van der Waals surface area (Å²) < 4.78 is 0. The highest BCUT2D eigenvalue weighted by atomic mass is 16.3. The number of carbonyl (C=O) groups is 1. The Morgan fingerprint density at radius 1 is 1.18 bits per heavy atom. The van der Waals surface area contributed by atoms with E-state index in [9.17, 15) is 4.79 Å². The largest absolute Gasteiger partial charge is 0.396 e. The number of aromatic amines is 1. The monoisotopic (exact) mass is 295 g/mol. The van der Waals surface area contributed by atoms with Crippen molar-refractivity contribution in [2.75, 3.05) is 11.9 Å². The highest BCUT2D eigenvalue weighted by Gasteiger charge is 2.09. The van der Waals surface area contributed by atoms with E-state index >= 15 is 0 Å². The molecule has 112 valence electrons. The van der Waals surface area contributed by atoms with Crippen LogP contribution in [0.3, 0.4) is 0 Å². The molecule has 0 bridgehead atoms. The Balaban J connectivity index is 1.72. The lowest BCUT2D eigenvalue weighted by Gasteiger charge is -2.06. The van der Waals surface area contributed by atoms with Crippen molar-refractivity contribution in [2.24, 2.45) is 0 Å². The van der Waals surface area contributed by atoms with Gasteiger partial charge in [-0.05, 0) is 16.3 Å². The Morgan fingerprint density at radius 3 is 2.86 bits per heavy atom. The normalized spacial score (nSPS) is 10.8. The summed E-state index contributed by atoms with van der Waals surface area (Å²) in [5.41, 5.74) is 1.78. The minimum absolute atomic E-state index is 0.0472. The number of fused-ring (bicyclic) bond motifs is 1. The molecule has 5 heteroatoms. The second-order valence-corrected chi connectivity index (χ2v) is 5.12. The van der Waals surface area contributed by atoms with Crippen molar-refractivity contribution < 1.29 is 9.90 Å². The lowest BCUT2D eigenvalue weighted by atomic mass is 10.0. The van der Waals surface area contributed by atoms with Crippen molar-refractivity contribution in [1.29, 1.82) is 0 Å². The summed E-state index contributed by atoms with van der Waals surface area (Å²) in [6.45, 7) is 0.0472. The van der Waals surface area contributed by atoms with Gasteiger partial charge in [0.25, 0.3) is 0 Å². The lowest BCUT2D eigenvalue weighted by molar-refractivity contribution is -0.115. The Hall–Kier alpha value is -2.66. The maximum Gasteiger partial charge on any atom is 0.230 e. The van der Waals surface area contributed by atoms with Gasteiger partial charge in [-0.2, -0.15) is 5.10 Å². The number of amides is 1. The molecule has 1 amide bonds. The highest BCUT2D eigenvalue weighted by Crippen LogP contribution is 2.19. The Bertz CT molecular complexity index is 790. The number of rotatable bonds is 5. The van der Waals surface area contributed by atoms with Gasteiger partial charge in [0, 0.05) is 24.8 Å². The predicted molar refractivity (Wildman–Crippen MR) is 85.7 cm³/mol. The zero-order valence-corrected chi connectivity index (χ0v) is 12.0. The molecule has 0 aliphatic heterocycles. The third-order valence-electron chi connectivity index (χ3n) is 3.51. The summed E-state index contributed by atoms with van der Waals surface area (Å²) in [6, 6.07) is 15.7. The smallest absolute Gasteiger partial charge is 0.230 e. The zero-order valence-electron chi connectivity index (χ0n) is 12.0. The molecule has 22 heavy (non-hydrogen) atoms. The Labute approximate surface area is 128 Å². The molecule has 0 unspecified atom stereocenters. The summed E-state index contributed by atoms with van der Waals surface area (Å²) in [7, 11) is 0. The van der Waals surface area contributed by atoms with E-state index < -0.39 is 0 Å². The molecular weight excluding hydrogens is 278 g/mol. The second-order valence-electron chi connectivity index (χ2n) is 5.12. The summed E-state index contributed by atoms with van der Waals surface area (Å²) in [6.07, 6.45) is 0.787. The first-order valence-corrected chi connectivity index (χ1v) is 7.18. The van der Waals surface area contributed by atoms with Gasteiger partial charge in [0.1, 0.15) is 0 Å². The van der Waals surface area contributed by atoms with Gasteiger partial charge in [0.15, 0.2) is 5.82 Å². The lowest BCUT2D eigenvalue weighted by Crippen LogP contribution is -2.14. The summed E-state index contributed by atoms with van der Waals surface area (Å²) in [5, 5.41) is 20.6. The molecule has 0 atom stereocenters. The number of anilines is 1. The van der Waals surface area contributed by atoms with E-state index in [-0.39, 0.29) is 12.5 Å². The molecule has 3 aromatic rings. The number of nitrogens with zero attached hydrogens (tertiary/aromatic N) is 1. The number of H-pyrrole nitrogens is 1. The fourth-order valence-corrected chi connectivity index (χ4v) is 2.48. The van der Waals surface area contributed by atoms with Crippen LogP contribution in [0.2, 0.25) is 0 Å². The van der Waals surface area contributed by atoms with Crippen LogP contribution in [0.5, 0.6) is 0 Å². The second kappa shape index (κ2) is 6.41. The third-order valence-corrected chi connectivity index (χ3v) is 3.51. The standard InChI is InChI=1S/C17H17N3O2/c21-9-8-14-11-16(20-19-14)18-17(22)10-13-6-3-5-12-4-1-2-7-15(12)13/h1-7,11,21H,8-10H2,(H2,18,19,20,22). The third kappa shape index (κ3) is 3.15. The first kappa shape index (κ1) is 14.3. The van der Waals surface area contributed by atoms with Gasteiger partial charge in [0.05, 0.1) is 6.42 Å². The van der Waals surface area contributed by atoms with Crippen LogP contribution in [0.15, 0.2) is 48.5 Å². The van der Waals surface area contributed by atoms with Crippen molar-refractivity contribution >= 4 is 22.5 Å². The number of aliphatic hydroxyl groups excluding tert-OH is 1. The molecule has 2 aromatic carbocycles. The molecule has 5 nitrogen and oxygen atoms in total. The fourth-order valence-electron chi connectivity index (χ4n) is 2.48. The van der Waals surface area contributed by atoms with Gasteiger partial charge in [0.2, 0.25) is 5.91 Å². The number of aliphatic hydroxyl groups is 1. The van der Waals surface area contributed by atoms with Crippen molar-refractivity contribution in [3.63, 3.8) is 0 Å². The average molecular weight is 295 g/mol. The Morgan fingerprint density at radius 2 is 2.00 bits per heavy atom. The minimum atomic E-state index is -0.113. The van der Waals surface area contributed by atoms with Crippen LogP contribution in [0.1, 0.15) is 11.3 Å². The number of hydrogen-bond acceptors (Lipinski definition) is 3. The van der Waals surface area contributed by atoms with Crippen LogP contribution in [-0.2, 0) is 17.6 Å². The van der Waals surface area contributed by atoms with Gasteiger partial charge < -0.3 is 10.4 Å². The number of carbonyl (C=O) groups excluding carboxylic acids is 1. The first-order valence-electron chi connectivity index (χ1n) is 7.18. The van der Waals surface area contributed by atoms with E-state index in [2.05, 4.69) is 15.5 Å².